The zero-order valence-electron chi connectivity index (χ0n) is 12.8. The second-order valence-electron chi connectivity index (χ2n) is 5.58. The van der Waals surface area contributed by atoms with Crippen LogP contribution < -0.4 is 10.6 Å². The topological polar surface area (TPSA) is 77.8 Å². The smallest absolute Gasteiger partial charge is 0.258 e. The molecule has 5 nitrogen and oxygen atoms in total. The monoisotopic (exact) mass is 334 g/mol. The lowest BCUT2D eigenvalue weighted by molar-refractivity contribution is 0.102. The lowest BCUT2D eigenvalue weighted by Gasteiger charge is -2.11. The second-order valence-corrected chi connectivity index (χ2v) is 6.69. The van der Waals surface area contributed by atoms with Crippen molar-refractivity contribution in [1.29, 1.82) is 5.26 Å². The maximum atomic E-state index is 12.7. The van der Waals surface area contributed by atoms with Crippen molar-refractivity contribution in [3.63, 3.8) is 0 Å². The van der Waals surface area contributed by atoms with Crippen LogP contribution in [0.15, 0.2) is 36.5 Å². The molecule has 0 fully saturated rings. The van der Waals surface area contributed by atoms with Crippen molar-refractivity contribution in [2.45, 2.75) is 13.0 Å². The van der Waals surface area contributed by atoms with Gasteiger partial charge in [0, 0.05) is 23.0 Å². The number of anilines is 1. The number of nitriles is 1. The van der Waals surface area contributed by atoms with Crippen LogP contribution in [0.25, 0.3) is 10.9 Å². The summed E-state index contributed by atoms with van der Waals surface area (Å²) in [5.74, 6) is -0.234. The van der Waals surface area contributed by atoms with E-state index < -0.39 is 0 Å². The average molecular weight is 334 g/mol. The van der Waals surface area contributed by atoms with Crippen molar-refractivity contribution in [3.05, 3.63) is 58.1 Å². The third kappa shape index (κ3) is 2.44. The van der Waals surface area contributed by atoms with Crippen LogP contribution >= 0.6 is 11.3 Å². The Morgan fingerprint density at radius 2 is 2.21 bits per heavy atom. The minimum atomic E-state index is -0.234. The maximum Gasteiger partial charge on any atom is 0.258 e. The largest absolute Gasteiger partial charge is 0.312 e. The van der Waals surface area contributed by atoms with Gasteiger partial charge < -0.3 is 10.6 Å². The summed E-state index contributed by atoms with van der Waals surface area (Å²) < 4.78 is 0. The first-order valence-electron chi connectivity index (χ1n) is 7.68. The highest BCUT2D eigenvalue weighted by Gasteiger charge is 2.22. The highest BCUT2D eigenvalue weighted by atomic mass is 32.1. The van der Waals surface area contributed by atoms with E-state index in [2.05, 4.69) is 21.7 Å². The van der Waals surface area contributed by atoms with Gasteiger partial charge in [-0.1, -0.05) is 18.2 Å². The van der Waals surface area contributed by atoms with Crippen LogP contribution in [0.1, 0.15) is 26.4 Å². The molecule has 0 atom stereocenters. The van der Waals surface area contributed by atoms with Gasteiger partial charge in [-0.2, -0.15) is 5.26 Å². The number of hydrogen-bond acceptors (Lipinski definition) is 5. The third-order valence-corrected chi connectivity index (χ3v) is 5.29. The van der Waals surface area contributed by atoms with E-state index in [1.807, 2.05) is 24.3 Å². The highest BCUT2D eigenvalue weighted by molar-refractivity contribution is 7.16. The highest BCUT2D eigenvalue weighted by Crippen LogP contribution is 2.35. The first-order valence-corrected chi connectivity index (χ1v) is 8.50. The third-order valence-electron chi connectivity index (χ3n) is 4.14. The number of carbonyl (C=O) groups excluding carboxylic acids is 1. The van der Waals surface area contributed by atoms with E-state index >= 15 is 0 Å². The van der Waals surface area contributed by atoms with Gasteiger partial charge in [-0.25, -0.2) is 0 Å². The molecule has 3 heterocycles. The molecule has 0 bridgehead atoms. The van der Waals surface area contributed by atoms with E-state index in [4.69, 9.17) is 0 Å². The molecule has 1 aromatic carbocycles. The quantitative estimate of drug-likeness (QED) is 0.755. The fourth-order valence-electron chi connectivity index (χ4n) is 3.00. The molecule has 24 heavy (non-hydrogen) atoms. The molecule has 1 amide bonds. The predicted molar refractivity (Wildman–Crippen MR) is 94.1 cm³/mol. The number of pyridine rings is 1. The van der Waals surface area contributed by atoms with E-state index in [1.54, 1.807) is 12.3 Å². The molecule has 0 saturated carbocycles. The number of hydrogen-bond donors (Lipinski definition) is 2. The summed E-state index contributed by atoms with van der Waals surface area (Å²) >= 11 is 1.48. The Bertz CT molecular complexity index is 981. The molecule has 2 aromatic heterocycles. The van der Waals surface area contributed by atoms with Gasteiger partial charge in [-0.15, -0.1) is 11.3 Å². The first kappa shape index (κ1) is 14.8. The normalized spacial score (nSPS) is 13.3. The fraction of sp³-hybridized carbons (Fsp3) is 0.167. The molecule has 6 heteroatoms. The molecule has 3 aromatic rings. The lowest BCUT2D eigenvalue weighted by Crippen LogP contribution is -2.22. The van der Waals surface area contributed by atoms with E-state index in [9.17, 15) is 10.1 Å². The number of amides is 1. The number of rotatable bonds is 2. The van der Waals surface area contributed by atoms with Gasteiger partial charge >= 0.3 is 0 Å². The molecule has 0 aliphatic carbocycles. The summed E-state index contributed by atoms with van der Waals surface area (Å²) in [6.45, 7) is 1.61. The Morgan fingerprint density at radius 1 is 1.33 bits per heavy atom. The van der Waals surface area contributed by atoms with E-state index in [-0.39, 0.29) is 5.91 Å². The SMILES string of the molecule is N#Cc1c(NC(=O)c2cccc3cccnc23)sc2c1CCNC2. The average Bonchev–Trinajstić information content (AvgIpc) is 2.98. The van der Waals surface area contributed by atoms with Crippen LogP contribution in [0.3, 0.4) is 0 Å². The van der Waals surface area contributed by atoms with Gasteiger partial charge in [-0.3, -0.25) is 9.78 Å². The van der Waals surface area contributed by atoms with Crippen molar-refractivity contribution in [3.8, 4) is 6.07 Å². The van der Waals surface area contributed by atoms with Gasteiger partial charge in [0.1, 0.15) is 11.1 Å². The Balaban J connectivity index is 1.72. The molecule has 4 rings (SSSR count). The minimum Gasteiger partial charge on any atom is -0.312 e. The van der Waals surface area contributed by atoms with Crippen molar-refractivity contribution < 1.29 is 4.79 Å². The lowest BCUT2D eigenvalue weighted by atomic mass is 10.0. The molecule has 0 spiro atoms. The number of nitrogens with one attached hydrogen (secondary N) is 2. The van der Waals surface area contributed by atoms with Crippen molar-refractivity contribution in [2.75, 3.05) is 11.9 Å². The maximum absolute atomic E-state index is 12.7. The van der Waals surface area contributed by atoms with Crippen LogP contribution in [-0.4, -0.2) is 17.4 Å². The summed E-state index contributed by atoms with van der Waals surface area (Å²) in [5.41, 5.74) is 2.84. The van der Waals surface area contributed by atoms with E-state index in [0.717, 1.165) is 35.3 Å². The summed E-state index contributed by atoms with van der Waals surface area (Å²) in [6.07, 6.45) is 2.50. The van der Waals surface area contributed by atoms with E-state index in [1.165, 1.54) is 11.3 Å². The Morgan fingerprint density at radius 3 is 3.08 bits per heavy atom. The first-order chi connectivity index (χ1) is 11.8. The van der Waals surface area contributed by atoms with Crippen LogP contribution in [0.4, 0.5) is 5.00 Å². The number of benzene rings is 1. The Kier molecular flexibility index (Phi) is 3.73. The number of carbonyl (C=O) groups is 1. The predicted octanol–water partition coefficient (Wildman–Crippen LogP) is 3.07. The van der Waals surface area contributed by atoms with Crippen LogP contribution in [0, 0.1) is 11.3 Å². The molecule has 118 valence electrons. The standard InChI is InChI=1S/C18H14N4OS/c19-9-14-12-6-8-20-10-15(12)24-18(14)22-17(23)13-5-1-3-11-4-2-7-21-16(11)13/h1-5,7,20H,6,8,10H2,(H,22,23). The fourth-order valence-corrected chi connectivity index (χ4v) is 4.16. The number of para-hydroxylation sites is 1. The van der Waals surface area contributed by atoms with Crippen molar-refractivity contribution in [2.24, 2.45) is 0 Å². The van der Waals surface area contributed by atoms with Crippen molar-refractivity contribution in [1.82, 2.24) is 10.3 Å². The summed E-state index contributed by atoms with van der Waals surface area (Å²) in [4.78, 5) is 18.2. The van der Waals surface area contributed by atoms with Crippen molar-refractivity contribution >= 4 is 33.1 Å². The van der Waals surface area contributed by atoms with Crippen LogP contribution in [-0.2, 0) is 13.0 Å². The zero-order chi connectivity index (χ0) is 16.5. The molecular weight excluding hydrogens is 320 g/mol. The second kappa shape index (κ2) is 6.04. The molecule has 0 unspecified atom stereocenters. The Labute approximate surface area is 143 Å². The molecule has 0 radical (unpaired) electrons. The van der Waals surface area contributed by atoms with Gasteiger partial charge in [-0.05, 0) is 30.7 Å². The van der Waals surface area contributed by atoms with Gasteiger partial charge in [0.05, 0.1) is 16.6 Å². The molecule has 1 aliphatic heterocycles. The number of thiophene rings is 1. The summed E-state index contributed by atoms with van der Waals surface area (Å²) in [6, 6.07) is 11.5. The zero-order valence-corrected chi connectivity index (χ0v) is 13.6. The van der Waals surface area contributed by atoms with Gasteiger partial charge in [0.15, 0.2) is 0 Å². The number of nitrogens with zero attached hydrogens (tertiary/aromatic N) is 2. The number of aromatic nitrogens is 1. The van der Waals surface area contributed by atoms with Crippen LogP contribution in [0.2, 0.25) is 0 Å². The van der Waals surface area contributed by atoms with Gasteiger partial charge in [0.25, 0.3) is 5.91 Å². The summed E-state index contributed by atoms with van der Waals surface area (Å²) in [7, 11) is 0. The molecular formula is C18H14N4OS. The molecule has 0 saturated heterocycles. The molecule has 2 N–H and O–H groups in total. The van der Waals surface area contributed by atoms with E-state index in [0.29, 0.717) is 21.6 Å². The number of fused-ring (bicyclic) bond motifs is 2. The minimum absolute atomic E-state index is 0.234. The molecule has 1 aliphatic rings. The Hall–Kier alpha value is -2.75. The summed E-state index contributed by atoms with van der Waals surface area (Å²) in [5, 5.41) is 17.2. The van der Waals surface area contributed by atoms with Crippen LogP contribution in [0.5, 0.6) is 0 Å². The van der Waals surface area contributed by atoms with Gasteiger partial charge in [0.2, 0.25) is 0 Å².